The molecule has 0 aromatic carbocycles. The van der Waals surface area contributed by atoms with E-state index in [1.54, 1.807) is 0 Å². The van der Waals surface area contributed by atoms with E-state index in [0.29, 0.717) is 11.7 Å². The Morgan fingerprint density at radius 1 is 1.14 bits per heavy atom. The topological polar surface area (TPSA) is 61.9 Å². The zero-order chi connectivity index (χ0) is 14.5. The minimum atomic E-state index is 0.231. The number of thioether (sulfide) groups is 1. The van der Waals surface area contributed by atoms with Gasteiger partial charge in [0.2, 0.25) is 11.1 Å². The molecular formula is C15H24N4OS. The second kappa shape index (κ2) is 7.29. The summed E-state index contributed by atoms with van der Waals surface area (Å²) in [7, 11) is 0. The number of nitrogens with one attached hydrogen (secondary N) is 1. The van der Waals surface area contributed by atoms with Crippen molar-refractivity contribution in [1.29, 1.82) is 0 Å². The molecule has 21 heavy (non-hydrogen) atoms. The van der Waals surface area contributed by atoms with E-state index >= 15 is 0 Å². The molecular weight excluding hydrogens is 284 g/mol. The molecule has 1 aliphatic heterocycles. The van der Waals surface area contributed by atoms with E-state index in [9.17, 15) is 4.79 Å². The lowest BCUT2D eigenvalue weighted by molar-refractivity contribution is -0.128. The first-order chi connectivity index (χ1) is 10.3. The molecule has 1 N–H and O–H groups in total. The molecule has 1 saturated heterocycles. The van der Waals surface area contributed by atoms with Gasteiger partial charge < -0.3 is 4.90 Å². The van der Waals surface area contributed by atoms with Crippen LogP contribution in [-0.4, -0.2) is 44.8 Å². The van der Waals surface area contributed by atoms with E-state index in [1.807, 2.05) is 4.90 Å². The maximum absolute atomic E-state index is 12.2. The molecule has 0 unspecified atom stereocenters. The zero-order valence-corrected chi connectivity index (χ0v) is 13.3. The molecule has 2 fully saturated rings. The Bertz CT molecular complexity index is 462. The van der Waals surface area contributed by atoms with Crippen molar-refractivity contribution < 1.29 is 4.79 Å². The third kappa shape index (κ3) is 3.99. The van der Waals surface area contributed by atoms with Crippen molar-refractivity contribution in [3.05, 3.63) is 5.82 Å². The predicted octanol–water partition coefficient (Wildman–Crippen LogP) is 2.96. The zero-order valence-electron chi connectivity index (χ0n) is 12.5. The summed E-state index contributed by atoms with van der Waals surface area (Å²) in [5.74, 6) is 2.25. The SMILES string of the molecule is O=C(CSc1n[nH]c(C2CCCC2)n1)N1CCCCCC1. The van der Waals surface area contributed by atoms with E-state index in [0.717, 1.165) is 36.9 Å². The Hall–Kier alpha value is -1.04. The normalized spacial score (nSPS) is 20.7. The summed E-state index contributed by atoms with van der Waals surface area (Å²) in [6, 6.07) is 0. The number of nitrogens with zero attached hydrogens (tertiary/aromatic N) is 3. The van der Waals surface area contributed by atoms with Crippen LogP contribution < -0.4 is 0 Å². The molecule has 1 aliphatic carbocycles. The lowest BCUT2D eigenvalue weighted by Gasteiger charge is -2.19. The van der Waals surface area contributed by atoms with Crippen LogP contribution in [0.2, 0.25) is 0 Å². The second-order valence-corrected chi connectivity index (χ2v) is 7.01. The van der Waals surface area contributed by atoms with Crippen molar-refractivity contribution in [2.45, 2.75) is 62.4 Å². The van der Waals surface area contributed by atoms with Gasteiger partial charge >= 0.3 is 0 Å². The number of rotatable bonds is 4. The van der Waals surface area contributed by atoms with E-state index in [4.69, 9.17) is 0 Å². The summed E-state index contributed by atoms with van der Waals surface area (Å²) >= 11 is 1.46. The number of amides is 1. The summed E-state index contributed by atoms with van der Waals surface area (Å²) in [6.45, 7) is 1.83. The summed E-state index contributed by atoms with van der Waals surface area (Å²) in [5, 5.41) is 8.03. The molecule has 5 nitrogen and oxygen atoms in total. The van der Waals surface area contributed by atoms with Gasteiger partial charge in [0, 0.05) is 19.0 Å². The molecule has 2 heterocycles. The molecule has 1 amide bonds. The molecule has 0 atom stereocenters. The quantitative estimate of drug-likeness (QED) is 0.869. The van der Waals surface area contributed by atoms with Crippen molar-refractivity contribution in [3.63, 3.8) is 0 Å². The summed E-state index contributed by atoms with van der Waals surface area (Å²) in [4.78, 5) is 18.8. The Balaban J connectivity index is 1.48. The van der Waals surface area contributed by atoms with Crippen LogP contribution in [0.25, 0.3) is 0 Å². The molecule has 0 spiro atoms. The van der Waals surface area contributed by atoms with Crippen LogP contribution in [0.3, 0.4) is 0 Å². The Morgan fingerprint density at radius 3 is 2.57 bits per heavy atom. The fourth-order valence-corrected chi connectivity index (χ4v) is 3.95. The van der Waals surface area contributed by atoms with Gasteiger partial charge in [0.25, 0.3) is 0 Å². The summed E-state index contributed by atoms with van der Waals surface area (Å²) in [5.41, 5.74) is 0. The van der Waals surface area contributed by atoms with Crippen LogP contribution in [0.1, 0.15) is 63.1 Å². The molecule has 0 radical (unpaired) electrons. The van der Waals surface area contributed by atoms with Crippen LogP contribution in [-0.2, 0) is 4.79 Å². The highest BCUT2D eigenvalue weighted by atomic mass is 32.2. The third-order valence-electron chi connectivity index (χ3n) is 4.51. The average molecular weight is 308 g/mol. The monoisotopic (exact) mass is 308 g/mol. The van der Waals surface area contributed by atoms with Gasteiger partial charge in [0.15, 0.2) is 0 Å². The van der Waals surface area contributed by atoms with Crippen LogP contribution in [0.5, 0.6) is 0 Å². The van der Waals surface area contributed by atoms with Crippen molar-refractivity contribution in [2.75, 3.05) is 18.8 Å². The molecule has 1 saturated carbocycles. The average Bonchev–Trinajstić information content (AvgIpc) is 3.11. The van der Waals surface area contributed by atoms with Crippen LogP contribution in [0.4, 0.5) is 0 Å². The highest BCUT2D eigenvalue weighted by Crippen LogP contribution is 2.32. The first-order valence-corrected chi connectivity index (χ1v) is 9.14. The van der Waals surface area contributed by atoms with E-state index in [2.05, 4.69) is 15.2 Å². The number of H-pyrrole nitrogens is 1. The molecule has 0 bridgehead atoms. The van der Waals surface area contributed by atoms with Gasteiger partial charge in [-0.1, -0.05) is 37.4 Å². The van der Waals surface area contributed by atoms with Gasteiger partial charge in [-0.05, 0) is 25.7 Å². The largest absolute Gasteiger partial charge is 0.342 e. The summed E-state index contributed by atoms with van der Waals surface area (Å²) < 4.78 is 0. The van der Waals surface area contributed by atoms with E-state index < -0.39 is 0 Å². The predicted molar refractivity (Wildman–Crippen MR) is 83.4 cm³/mol. The van der Waals surface area contributed by atoms with Crippen molar-refractivity contribution in [3.8, 4) is 0 Å². The molecule has 6 heteroatoms. The fraction of sp³-hybridized carbons (Fsp3) is 0.800. The lowest BCUT2D eigenvalue weighted by atomic mass is 10.1. The smallest absolute Gasteiger partial charge is 0.233 e. The Kier molecular flexibility index (Phi) is 5.17. The van der Waals surface area contributed by atoms with Crippen LogP contribution in [0.15, 0.2) is 5.16 Å². The molecule has 116 valence electrons. The van der Waals surface area contributed by atoms with Gasteiger partial charge in [-0.3, -0.25) is 9.89 Å². The number of carbonyl (C=O) groups is 1. The second-order valence-electron chi connectivity index (χ2n) is 6.07. The van der Waals surface area contributed by atoms with Gasteiger partial charge in [-0.25, -0.2) is 4.98 Å². The number of carbonyl (C=O) groups excluding carboxylic acids is 1. The fourth-order valence-electron chi connectivity index (χ4n) is 3.24. The lowest BCUT2D eigenvalue weighted by Crippen LogP contribution is -2.33. The minimum Gasteiger partial charge on any atom is -0.342 e. The molecule has 3 rings (SSSR count). The van der Waals surface area contributed by atoms with Gasteiger partial charge in [0.1, 0.15) is 5.82 Å². The van der Waals surface area contributed by atoms with E-state index in [1.165, 1.54) is 50.3 Å². The third-order valence-corrected chi connectivity index (χ3v) is 5.34. The maximum Gasteiger partial charge on any atom is 0.233 e. The van der Waals surface area contributed by atoms with Gasteiger partial charge in [-0.15, -0.1) is 5.10 Å². The standard InChI is InChI=1S/C15H24N4OS/c20-13(19-9-5-1-2-6-10-19)11-21-15-16-14(17-18-15)12-7-3-4-8-12/h12H,1-11H2,(H,16,17,18). The number of hydrogen-bond acceptors (Lipinski definition) is 4. The number of aromatic amines is 1. The van der Waals surface area contributed by atoms with E-state index in [-0.39, 0.29) is 5.91 Å². The molecule has 1 aromatic rings. The number of hydrogen-bond donors (Lipinski definition) is 1. The maximum atomic E-state index is 12.2. The van der Waals surface area contributed by atoms with Gasteiger partial charge in [-0.2, -0.15) is 0 Å². The Labute approximate surface area is 130 Å². The van der Waals surface area contributed by atoms with Crippen LogP contribution in [0, 0.1) is 0 Å². The van der Waals surface area contributed by atoms with Crippen molar-refractivity contribution in [1.82, 2.24) is 20.1 Å². The van der Waals surface area contributed by atoms with Crippen molar-refractivity contribution >= 4 is 17.7 Å². The highest BCUT2D eigenvalue weighted by Gasteiger charge is 2.21. The van der Waals surface area contributed by atoms with Crippen molar-refractivity contribution in [2.24, 2.45) is 0 Å². The van der Waals surface area contributed by atoms with Gasteiger partial charge in [0.05, 0.1) is 5.75 Å². The molecule has 1 aromatic heterocycles. The van der Waals surface area contributed by atoms with Crippen LogP contribution >= 0.6 is 11.8 Å². The number of likely N-dealkylation sites (tertiary alicyclic amines) is 1. The number of aromatic nitrogens is 3. The summed E-state index contributed by atoms with van der Waals surface area (Å²) in [6.07, 6.45) is 9.80. The Morgan fingerprint density at radius 2 is 1.86 bits per heavy atom. The minimum absolute atomic E-state index is 0.231. The first kappa shape index (κ1) is 14.9. The first-order valence-electron chi connectivity index (χ1n) is 8.16. The molecule has 2 aliphatic rings. The highest BCUT2D eigenvalue weighted by molar-refractivity contribution is 7.99.